The lowest BCUT2D eigenvalue weighted by atomic mass is 10.2. The van der Waals surface area contributed by atoms with Crippen molar-refractivity contribution in [1.29, 1.82) is 0 Å². The van der Waals surface area contributed by atoms with E-state index in [1.165, 1.54) is 32.3 Å². The topological polar surface area (TPSA) is 95.1 Å². The monoisotopic (exact) mass is 358 g/mol. The predicted octanol–water partition coefficient (Wildman–Crippen LogP) is 0.896. The Kier molecular flexibility index (Phi) is 5.26. The van der Waals surface area contributed by atoms with Gasteiger partial charge in [0.15, 0.2) is 0 Å². The first-order chi connectivity index (χ1) is 12.8. The van der Waals surface area contributed by atoms with Crippen LogP contribution in [0.15, 0.2) is 18.7 Å². The van der Waals surface area contributed by atoms with Gasteiger partial charge < -0.3 is 19.9 Å². The SMILES string of the molecule is CO[C@H]1C[C@@H](CN2CCCC2)N(c2cc(NCc3ncn[nH]3)ncn2)C1. The number of nitrogens with one attached hydrogen (secondary N) is 2. The number of nitrogens with zero attached hydrogens (tertiary/aromatic N) is 6. The van der Waals surface area contributed by atoms with Crippen LogP contribution in [0.4, 0.5) is 11.6 Å². The molecule has 0 aliphatic carbocycles. The summed E-state index contributed by atoms with van der Waals surface area (Å²) in [5.41, 5.74) is 0. The molecule has 2 saturated heterocycles. The van der Waals surface area contributed by atoms with Crippen LogP contribution in [0.25, 0.3) is 0 Å². The number of hydrogen-bond acceptors (Lipinski definition) is 8. The molecule has 2 aromatic heterocycles. The van der Waals surface area contributed by atoms with Gasteiger partial charge in [-0.1, -0.05) is 0 Å². The molecule has 0 saturated carbocycles. The highest BCUT2D eigenvalue weighted by Crippen LogP contribution is 2.28. The third kappa shape index (κ3) is 3.94. The summed E-state index contributed by atoms with van der Waals surface area (Å²) in [6.07, 6.45) is 7.03. The molecule has 0 bridgehead atoms. The third-order valence-electron chi connectivity index (χ3n) is 5.23. The van der Waals surface area contributed by atoms with Crippen LogP contribution in [0.1, 0.15) is 25.1 Å². The van der Waals surface area contributed by atoms with Gasteiger partial charge in [0.05, 0.1) is 12.6 Å². The molecule has 0 spiro atoms. The molecule has 140 valence electrons. The molecule has 0 unspecified atom stereocenters. The first kappa shape index (κ1) is 17.2. The predicted molar refractivity (Wildman–Crippen MR) is 98.0 cm³/mol. The summed E-state index contributed by atoms with van der Waals surface area (Å²) in [5, 5.41) is 9.97. The highest BCUT2D eigenvalue weighted by atomic mass is 16.5. The van der Waals surface area contributed by atoms with Gasteiger partial charge in [0.25, 0.3) is 0 Å². The van der Waals surface area contributed by atoms with Crippen LogP contribution >= 0.6 is 0 Å². The summed E-state index contributed by atoms with van der Waals surface area (Å²) in [6.45, 7) is 4.90. The van der Waals surface area contributed by atoms with Crippen molar-refractivity contribution >= 4 is 11.6 Å². The number of hydrogen-bond donors (Lipinski definition) is 2. The highest BCUT2D eigenvalue weighted by molar-refractivity contribution is 5.50. The number of methoxy groups -OCH3 is 1. The molecule has 2 aliphatic heterocycles. The number of aromatic nitrogens is 5. The molecule has 2 aliphatic rings. The number of H-pyrrole nitrogens is 1. The zero-order valence-electron chi connectivity index (χ0n) is 15.1. The fourth-order valence-corrected chi connectivity index (χ4v) is 3.85. The number of likely N-dealkylation sites (tertiary alicyclic amines) is 1. The molecule has 2 N–H and O–H groups in total. The Morgan fingerprint density at radius 2 is 2.12 bits per heavy atom. The number of ether oxygens (including phenoxy) is 1. The number of aromatic amines is 1. The number of rotatable bonds is 7. The molecule has 2 aromatic rings. The van der Waals surface area contributed by atoms with Gasteiger partial charge in [-0.3, -0.25) is 5.10 Å². The lowest BCUT2D eigenvalue weighted by Gasteiger charge is -2.29. The summed E-state index contributed by atoms with van der Waals surface area (Å²) in [7, 11) is 1.80. The largest absolute Gasteiger partial charge is 0.380 e. The van der Waals surface area contributed by atoms with E-state index in [1.807, 2.05) is 6.07 Å². The van der Waals surface area contributed by atoms with E-state index in [9.17, 15) is 0 Å². The maximum Gasteiger partial charge on any atom is 0.143 e. The van der Waals surface area contributed by atoms with Crippen molar-refractivity contribution in [3.05, 3.63) is 24.5 Å². The fourth-order valence-electron chi connectivity index (χ4n) is 3.85. The van der Waals surface area contributed by atoms with Crippen LogP contribution in [0, 0.1) is 0 Å². The van der Waals surface area contributed by atoms with E-state index in [2.05, 4.69) is 40.3 Å². The zero-order chi connectivity index (χ0) is 17.8. The van der Waals surface area contributed by atoms with Gasteiger partial charge in [-0.05, 0) is 32.4 Å². The molecule has 0 amide bonds. The molecule has 0 radical (unpaired) electrons. The van der Waals surface area contributed by atoms with E-state index in [1.54, 1.807) is 13.4 Å². The Morgan fingerprint density at radius 1 is 1.23 bits per heavy atom. The van der Waals surface area contributed by atoms with E-state index in [0.29, 0.717) is 12.6 Å². The van der Waals surface area contributed by atoms with Gasteiger partial charge in [0.2, 0.25) is 0 Å². The van der Waals surface area contributed by atoms with E-state index < -0.39 is 0 Å². The zero-order valence-corrected chi connectivity index (χ0v) is 15.1. The quantitative estimate of drug-likeness (QED) is 0.754. The minimum Gasteiger partial charge on any atom is -0.380 e. The molecular weight excluding hydrogens is 332 g/mol. The molecule has 26 heavy (non-hydrogen) atoms. The highest BCUT2D eigenvalue weighted by Gasteiger charge is 2.34. The Morgan fingerprint density at radius 3 is 2.88 bits per heavy atom. The van der Waals surface area contributed by atoms with Crippen molar-refractivity contribution in [3.63, 3.8) is 0 Å². The van der Waals surface area contributed by atoms with Crippen LogP contribution in [0.2, 0.25) is 0 Å². The lowest BCUT2D eigenvalue weighted by Crippen LogP contribution is -2.39. The minimum absolute atomic E-state index is 0.253. The summed E-state index contributed by atoms with van der Waals surface area (Å²) in [4.78, 5) is 17.9. The summed E-state index contributed by atoms with van der Waals surface area (Å²) in [6, 6.07) is 2.43. The Hall–Kier alpha value is -2.26. The molecule has 9 heteroatoms. The standard InChI is InChI=1S/C17H26N8O/c1-26-14-6-13(9-24-4-2-3-5-24)25(10-14)17-7-15(19-11-21-17)18-8-16-20-12-22-23-16/h7,11-14H,2-6,8-10H2,1H3,(H,18,19,21)(H,20,22,23)/t13-,14-/m0/s1. The lowest BCUT2D eigenvalue weighted by molar-refractivity contribution is 0.116. The maximum atomic E-state index is 5.65. The second kappa shape index (κ2) is 7.96. The first-order valence-electron chi connectivity index (χ1n) is 9.24. The second-order valence-electron chi connectivity index (χ2n) is 6.95. The van der Waals surface area contributed by atoms with Crippen molar-refractivity contribution in [1.82, 2.24) is 30.0 Å². The molecule has 0 aromatic carbocycles. The van der Waals surface area contributed by atoms with E-state index >= 15 is 0 Å². The van der Waals surface area contributed by atoms with Gasteiger partial charge in [-0.15, -0.1) is 0 Å². The average Bonchev–Trinajstić information content (AvgIpc) is 3.42. The van der Waals surface area contributed by atoms with Crippen LogP contribution in [-0.2, 0) is 11.3 Å². The Balaban J connectivity index is 1.45. The average molecular weight is 358 g/mol. The first-order valence-corrected chi connectivity index (χ1v) is 9.24. The van der Waals surface area contributed by atoms with Gasteiger partial charge in [-0.25, -0.2) is 15.0 Å². The van der Waals surface area contributed by atoms with E-state index in [-0.39, 0.29) is 6.10 Å². The molecule has 4 rings (SSSR count). The number of anilines is 2. The van der Waals surface area contributed by atoms with Crippen molar-refractivity contribution in [2.45, 2.75) is 38.0 Å². The van der Waals surface area contributed by atoms with Crippen molar-refractivity contribution < 1.29 is 4.74 Å². The maximum absolute atomic E-state index is 5.65. The normalized spacial score (nSPS) is 23.7. The van der Waals surface area contributed by atoms with E-state index in [0.717, 1.165) is 37.0 Å². The minimum atomic E-state index is 0.253. The molecule has 4 heterocycles. The molecular formula is C17H26N8O. The van der Waals surface area contributed by atoms with E-state index in [4.69, 9.17) is 4.74 Å². The summed E-state index contributed by atoms with van der Waals surface area (Å²) >= 11 is 0. The van der Waals surface area contributed by atoms with Gasteiger partial charge in [0, 0.05) is 32.3 Å². The smallest absolute Gasteiger partial charge is 0.143 e. The van der Waals surface area contributed by atoms with Gasteiger partial charge >= 0.3 is 0 Å². The van der Waals surface area contributed by atoms with Crippen molar-refractivity contribution in [2.75, 3.05) is 43.5 Å². The van der Waals surface area contributed by atoms with Crippen LogP contribution in [0.5, 0.6) is 0 Å². The Bertz CT molecular complexity index is 688. The van der Waals surface area contributed by atoms with Crippen LogP contribution in [-0.4, -0.2) is 75.5 Å². The van der Waals surface area contributed by atoms with Crippen LogP contribution < -0.4 is 10.2 Å². The van der Waals surface area contributed by atoms with Crippen LogP contribution in [0.3, 0.4) is 0 Å². The third-order valence-corrected chi connectivity index (χ3v) is 5.23. The summed E-state index contributed by atoms with van der Waals surface area (Å²) < 4.78 is 5.65. The molecule has 2 atom stereocenters. The molecule has 9 nitrogen and oxygen atoms in total. The second-order valence-corrected chi connectivity index (χ2v) is 6.95. The van der Waals surface area contributed by atoms with Gasteiger partial charge in [-0.2, -0.15) is 5.10 Å². The Labute approximate surface area is 153 Å². The van der Waals surface area contributed by atoms with Gasteiger partial charge in [0.1, 0.15) is 30.1 Å². The fraction of sp³-hybridized carbons (Fsp3) is 0.647. The van der Waals surface area contributed by atoms with Crippen molar-refractivity contribution in [2.24, 2.45) is 0 Å². The van der Waals surface area contributed by atoms with Crippen molar-refractivity contribution in [3.8, 4) is 0 Å². The molecule has 2 fully saturated rings. The summed E-state index contributed by atoms with van der Waals surface area (Å²) in [5.74, 6) is 2.51.